The van der Waals surface area contributed by atoms with E-state index in [4.69, 9.17) is 9.47 Å². The molecule has 2 fully saturated rings. The first-order valence-electron chi connectivity index (χ1n) is 11.1. The molecule has 1 aromatic heterocycles. The molecule has 5 rings (SSSR count). The van der Waals surface area contributed by atoms with Gasteiger partial charge in [-0.2, -0.15) is 0 Å². The number of halogens is 2. The Balaban J connectivity index is 1.18. The number of nitrogens with zero attached hydrogens (tertiary/aromatic N) is 4. The van der Waals surface area contributed by atoms with E-state index in [1.54, 1.807) is 0 Å². The first-order chi connectivity index (χ1) is 15.5. The van der Waals surface area contributed by atoms with Crippen LogP contribution < -0.4 is 5.32 Å². The normalized spacial score (nSPS) is 24.1. The minimum absolute atomic E-state index is 0.00861. The van der Waals surface area contributed by atoms with Gasteiger partial charge in [0.15, 0.2) is 0 Å². The number of carbonyl (C=O) groups excluding carboxylic acids is 1. The summed E-state index contributed by atoms with van der Waals surface area (Å²) < 4.78 is 40.5. The van der Waals surface area contributed by atoms with Crippen LogP contribution in [0.5, 0.6) is 0 Å². The maximum atomic E-state index is 13.5. The van der Waals surface area contributed by atoms with Gasteiger partial charge >= 0.3 is 0 Å². The van der Waals surface area contributed by atoms with E-state index in [1.807, 2.05) is 4.68 Å². The Morgan fingerprint density at radius 1 is 1.19 bits per heavy atom. The Kier molecular flexibility index (Phi) is 5.92. The molecule has 172 valence electrons. The molecule has 1 N–H and O–H groups in total. The molecular weight excluding hydrogens is 420 g/mol. The number of hydrogen-bond donors (Lipinski definition) is 1. The Bertz CT molecular complexity index is 974. The quantitative estimate of drug-likeness (QED) is 0.753. The SMILES string of the molecule is O=C(NCc1nnn2c1COC1(CCN(Cc3cc(F)cc(F)c3)C1)C2)C1CCOCC1. The van der Waals surface area contributed by atoms with Gasteiger partial charge in [0.05, 0.1) is 25.4 Å². The molecule has 1 unspecified atom stereocenters. The number of amides is 1. The van der Waals surface area contributed by atoms with Crippen molar-refractivity contribution in [1.82, 2.24) is 25.2 Å². The zero-order chi connectivity index (χ0) is 22.1. The zero-order valence-corrected chi connectivity index (χ0v) is 17.9. The summed E-state index contributed by atoms with van der Waals surface area (Å²) in [6.45, 7) is 4.42. The Hall–Kier alpha value is -2.43. The minimum Gasteiger partial charge on any atom is -0.381 e. The number of ether oxygens (including phenoxy) is 2. The number of benzene rings is 1. The third kappa shape index (κ3) is 4.53. The van der Waals surface area contributed by atoms with Gasteiger partial charge in [0.2, 0.25) is 5.91 Å². The van der Waals surface area contributed by atoms with Gasteiger partial charge in [0.25, 0.3) is 0 Å². The Morgan fingerprint density at radius 3 is 2.75 bits per heavy atom. The summed E-state index contributed by atoms with van der Waals surface area (Å²) in [5, 5.41) is 11.5. The largest absolute Gasteiger partial charge is 0.381 e. The highest BCUT2D eigenvalue weighted by molar-refractivity contribution is 5.78. The molecule has 0 saturated carbocycles. The van der Waals surface area contributed by atoms with Gasteiger partial charge < -0.3 is 14.8 Å². The lowest BCUT2D eigenvalue weighted by atomic mass is 9.99. The number of nitrogens with one attached hydrogen (secondary N) is 1. The highest BCUT2D eigenvalue weighted by atomic mass is 19.1. The summed E-state index contributed by atoms with van der Waals surface area (Å²) in [6.07, 6.45) is 2.30. The lowest BCUT2D eigenvalue weighted by Gasteiger charge is -2.34. The first kappa shape index (κ1) is 21.4. The molecule has 10 heteroatoms. The van der Waals surface area contributed by atoms with Crippen LogP contribution in [-0.4, -0.2) is 57.7 Å². The molecule has 1 atom stereocenters. The summed E-state index contributed by atoms with van der Waals surface area (Å²) in [6, 6.07) is 3.62. The van der Waals surface area contributed by atoms with E-state index in [1.165, 1.54) is 12.1 Å². The van der Waals surface area contributed by atoms with Crippen LogP contribution in [0.25, 0.3) is 0 Å². The van der Waals surface area contributed by atoms with Gasteiger partial charge in [-0.25, -0.2) is 13.5 Å². The maximum absolute atomic E-state index is 13.5. The fourth-order valence-electron chi connectivity index (χ4n) is 4.88. The molecule has 8 nitrogen and oxygen atoms in total. The average Bonchev–Trinajstić information content (AvgIpc) is 3.35. The summed E-state index contributed by atoms with van der Waals surface area (Å²) in [4.78, 5) is 14.5. The molecule has 0 bridgehead atoms. The van der Waals surface area contributed by atoms with Crippen LogP contribution in [0, 0.1) is 17.6 Å². The van der Waals surface area contributed by atoms with Crippen molar-refractivity contribution in [3.8, 4) is 0 Å². The Labute approximate surface area is 184 Å². The predicted octanol–water partition coefficient (Wildman–Crippen LogP) is 1.77. The van der Waals surface area contributed by atoms with E-state index < -0.39 is 17.2 Å². The van der Waals surface area contributed by atoms with E-state index in [9.17, 15) is 13.6 Å². The second-order valence-electron chi connectivity index (χ2n) is 8.95. The van der Waals surface area contributed by atoms with Crippen LogP contribution >= 0.6 is 0 Å². The number of hydrogen-bond acceptors (Lipinski definition) is 6. The fourth-order valence-corrected chi connectivity index (χ4v) is 4.88. The van der Waals surface area contributed by atoms with Crippen LogP contribution in [0.4, 0.5) is 8.78 Å². The third-order valence-electron chi connectivity index (χ3n) is 6.62. The van der Waals surface area contributed by atoms with Crippen LogP contribution in [0.15, 0.2) is 18.2 Å². The second kappa shape index (κ2) is 8.84. The molecule has 2 aromatic rings. The van der Waals surface area contributed by atoms with Crippen molar-refractivity contribution in [2.75, 3.05) is 26.3 Å². The molecule has 1 spiro atoms. The van der Waals surface area contributed by atoms with Crippen LogP contribution in [0.3, 0.4) is 0 Å². The maximum Gasteiger partial charge on any atom is 0.223 e. The van der Waals surface area contributed by atoms with Gasteiger partial charge in [-0.15, -0.1) is 5.10 Å². The molecule has 1 amide bonds. The molecule has 0 radical (unpaired) electrons. The number of fused-ring (bicyclic) bond motifs is 1. The molecule has 4 heterocycles. The van der Waals surface area contributed by atoms with Crippen molar-refractivity contribution >= 4 is 5.91 Å². The highest BCUT2D eigenvalue weighted by Crippen LogP contribution is 2.33. The van der Waals surface area contributed by atoms with Crippen molar-refractivity contribution < 1.29 is 23.0 Å². The number of likely N-dealkylation sites (tertiary alicyclic amines) is 1. The fraction of sp³-hybridized carbons (Fsp3) is 0.591. The molecule has 2 saturated heterocycles. The highest BCUT2D eigenvalue weighted by Gasteiger charge is 2.43. The molecule has 3 aliphatic rings. The molecular formula is C22H27F2N5O3. The van der Waals surface area contributed by atoms with E-state index in [2.05, 4.69) is 20.5 Å². The molecule has 1 aromatic carbocycles. The Morgan fingerprint density at radius 2 is 1.97 bits per heavy atom. The van der Waals surface area contributed by atoms with Gasteiger partial charge in [0.1, 0.15) is 22.9 Å². The summed E-state index contributed by atoms with van der Waals surface area (Å²) in [5.41, 5.74) is 1.83. The van der Waals surface area contributed by atoms with Crippen molar-refractivity contribution in [2.45, 2.75) is 51.1 Å². The second-order valence-corrected chi connectivity index (χ2v) is 8.95. The molecule has 0 aliphatic carbocycles. The first-order valence-corrected chi connectivity index (χ1v) is 11.1. The standard InChI is InChI=1S/C22H27F2N5O3/c23-17-7-15(8-18(24)9-17)11-28-4-3-22(13-28)14-29-20(12-32-22)19(26-27-29)10-25-21(30)16-1-5-31-6-2-16/h7-9,16H,1-6,10-14H2,(H,25,30). The van der Waals surface area contributed by atoms with Crippen molar-refractivity contribution in [1.29, 1.82) is 0 Å². The van der Waals surface area contributed by atoms with E-state index in [0.29, 0.717) is 51.6 Å². The molecule has 3 aliphatic heterocycles. The summed E-state index contributed by atoms with van der Waals surface area (Å²) in [5.74, 6) is -1.10. The lowest BCUT2D eigenvalue weighted by Crippen LogP contribution is -2.44. The summed E-state index contributed by atoms with van der Waals surface area (Å²) in [7, 11) is 0. The van der Waals surface area contributed by atoms with E-state index >= 15 is 0 Å². The van der Waals surface area contributed by atoms with Crippen LogP contribution in [0.2, 0.25) is 0 Å². The van der Waals surface area contributed by atoms with Crippen molar-refractivity contribution in [3.05, 3.63) is 46.8 Å². The summed E-state index contributed by atoms with van der Waals surface area (Å²) >= 11 is 0. The van der Waals surface area contributed by atoms with Gasteiger partial charge in [-0.3, -0.25) is 9.69 Å². The number of rotatable bonds is 5. The van der Waals surface area contributed by atoms with Gasteiger partial charge in [0, 0.05) is 44.8 Å². The number of aromatic nitrogens is 3. The monoisotopic (exact) mass is 447 g/mol. The van der Waals surface area contributed by atoms with Crippen LogP contribution in [-0.2, 0) is 40.5 Å². The average molecular weight is 447 g/mol. The minimum atomic E-state index is -0.563. The predicted molar refractivity (Wildman–Crippen MR) is 109 cm³/mol. The van der Waals surface area contributed by atoms with Crippen molar-refractivity contribution in [2.24, 2.45) is 5.92 Å². The zero-order valence-electron chi connectivity index (χ0n) is 17.9. The lowest BCUT2D eigenvalue weighted by molar-refractivity contribution is -0.128. The topological polar surface area (TPSA) is 81.5 Å². The third-order valence-corrected chi connectivity index (χ3v) is 6.62. The smallest absolute Gasteiger partial charge is 0.223 e. The van der Waals surface area contributed by atoms with Gasteiger partial charge in [-0.05, 0) is 37.0 Å². The molecule has 32 heavy (non-hydrogen) atoms. The van der Waals surface area contributed by atoms with E-state index in [0.717, 1.165) is 43.3 Å². The van der Waals surface area contributed by atoms with Crippen LogP contribution in [0.1, 0.15) is 36.2 Å². The van der Waals surface area contributed by atoms with Crippen molar-refractivity contribution in [3.63, 3.8) is 0 Å². The van der Waals surface area contributed by atoms with Gasteiger partial charge in [-0.1, -0.05) is 5.21 Å². The number of carbonyl (C=O) groups is 1. The van der Waals surface area contributed by atoms with E-state index in [-0.39, 0.29) is 11.8 Å².